The van der Waals surface area contributed by atoms with Gasteiger partial charge in [-0.15, -0.1) is 11.3 Å². The summed E-state index contributed by atoms with van der Waals surface area (Å²) >= 11 is 1.32. The molecular weight excluding hydrogens is 291 g/mol. The van der Waals surface area contributed by atoms with Gasteiger partial charge in [-0.2, -0.15) is 13.2 Å². The number of Topliss-reactive ketones (excluding diaryl/α,β-unsaturated/α-hetero) is 1. The Balaban J connectivity index is 2.51. The van der Waals surface area contributed by atoms with Gasteiger partial charge in [0.1, 0.15) is 6.54 Å². The topological polar surface area (TPSA) is 37.4 Å². The third-order valence-corrected chi connectivity index (χ3v) is 3.73. The lowest BCUT2D eigenvalue weighted by atomic mass is 10.2. The minimum Gasteiger partial charge on any atom is -0.334 e. The van der Waals surface area contributed by atoms with Crippen LogP contribution in [0.4, 0.5) is 13.2 Å². The fourth-order valence-corrected chi connectivity index (χ4v) is 2.51. The Labute approximate surface area is 119 Å². The molecule has 1 aromatic heterocycles. The number of aryl methyl sites for hydroxylation is 1. The van der Waals surface area contributed by atoms with E-state index in [9.17, 15) is 22.8 Å². The summed E-state index contributed by atoms with van der Waals surface area (Å²) in [6.45, 7) is 2.04. The lowest BCUT2D eigenvalue weighted by Crippen LogP contribution is -2.38. The number of amides is 1. The standard InChI is InChI=1S/C13H16F3NO2S/c1-3-17(8-13(14,15)16)12(19)7-5-10(18)11-6-4-9(2)20-11/h4,6H,3,5,7-8H2,1-2H3. The highest BCUT2D eigenvalue weighted by atomic mass is 32.1. The normalized spacial score (nSPS) is 11.4. The largest absolute Gasteiger partial charge is 0.406 e. The van der Waals surface area contributed by atoms with Crippen LogP contribution in [0.25, 0.3) is 0 Å². The van der Waals surface area contributed by atoms with Gasteiger partial charge in [0.15, 0.2) is 5.78 Å². The van der Waals surface area contributed by atoms with Crippen molar-refractivity contribution in [3.8, 4) is 0 Å². The molecule has 0 fully saturated rings. The first-order valence-corrected chi connectivity index (χ1v) is 6.98. The highest BCUT2D eigenvalue weighted by Crippen LogP contribution is 2.19. The van der Waals surface area contributed by atoms with Gasteiger partial charge < -0.3 is 4.90 Å². The Morgan fingerprint density at radius 2 is 1.90 bits per heavy atom. The van der Waals surface area contributed by atoms with E-state index in [1.807, 2.05) is 6.92 Å². The Bertz CT molecular complexity index is 482. The summed E-state index contributed by atoms with van der Waals surface area (Å²) in [7, 11) is 0. The summed E-state index contributed by atoms with van der Waals surface area (Å²) in [5.74, 6) is -0.856. The molecule has 1 rings (SSSR count). The van der Waals surface area contributed by atoms with Gasteiger partial charge in [0, 0.05) is 24.3 Å². The van der Waals surface area contributed by atoms with Crippen molar-refractivity contribution in [1.29, 1.82) is 0 Å². The van der Waals surface area contributed by atoms with Crippen molar-refractivity contribution in [3.63, 3.8) is 0 Å². The minimum atomic E-state index is -4.42. The van der Waals surface area contributed by atoms with E-state index in [0.717, 1.165) is 4.88 Å². The van der Waals surface area contributed by atoms with Crippen LogP contribution in [0.1, 0.15) is 34.3 Å². The number of carbonyl (C=O) groups excluding carboxylic acids is 2. The van der Waals surface area contributed by atoms with Crippen LogP contribution in [0.3, 0.4) is 0 Å². The number of hydrogen-bond donors (Lipinski definition) is 0. The molecule has 0 saturated carbocycles. The van der Waals surface area contributed by atoms with Crippen molar-refractivity contribution in [2.75, 3.05) is 13.1 Å². The molecule has 7 heteroatoms. The lowest BCUT2D eigenvalue weighted by molar-refractivity contribution is -0.160. The first-order valence-electron chi connectivity index (χ1n) is 6.17. The SMILES string of the molecule is CCN(CC(F)(F)F)C(=O)CCC(=O)c1ccc(C)s1. The predicted octanol–water partition coefficient (Wildman–Crippen LogP) is 3.43. The molecule has 1 aromatic rings. The minimum absolute atomic E-state index is 0.0232. The van der Waals surface area contributed by atoms with Gasteiger partial charge in [-0.3, -0.25) is 9.59 Å². The summed E-state index contributed by atoms with van der Waals surface area (Å²) in [5.41, 5.74) is 0. The number of alkyl halides is 3. The Morgan fingerprint density at radius 1 is 1.25 bits per heavy atom. The maximum Gasteiger partial charge on any atom is 0.406 e. The number of rotatable bonds is 6. The molecule has 1 heterocycles. The average Bonchev–Trinajstić information content (AvgIpc) is 2.78. The summed E-state index contributed by atoms with van der Waals surface area (Å²) in [6, 6.07) is 3.46. The molecule has 0 saturated heterocycles. The molecule has 0 aliphatic rings. The first kappa shape index (κ1) is 16.7. The van der Waals surface area contributed by atoms with Crippen molar-refractivity contribution in [2.45, 2.75) is 32.9 Å². The van der Waals surface area contributed by atoms with Crippen LogP contribution in [-0.2, 0) is 4.79 Å². The van der Waals surface area contributed by atoms with Crippen LogP contribution in [0.2, 0.25) is 0 Å². The maximum absolute atomic E-state index is 12.3. The molecule has 0 unspecified atom stereocenters. The van der Waals surface area contributed by atoms with E-state index in [-0.39, 0.29) is 25.2 Å². The van der Waals surface area contributed by atoms with Crippen LogP contribution in [-0.4, -0.2) is 35.9 Å². The number of halogens is 3. The second-order valence-corrected chi connectivity index (χ2v) is 5.64. The highest BCUT2D eigenvalue weighted by Gasteiger charge is 2.32. The average molecular weight is 307 g/mol. The van der Waals surface area contributed by atoms with E-state index in [1.165, 1.54) is 18.3 Å². The molecule has 0 aliphatic heterocycles. The van der Waals surface area contributed by atoms with Gasteiger partial charge in [0.05, 0.1) is 4.88 Å². The zero-order valence-electron chi connectivity index (χ0n) is 11.3. The van der Waals surface area contributed by atoms with Gasteiger partial charge in [-0.25, -0.2) is 0 Å². The van der Waals surface area contributed by atoms with E-state index in [1.54, 1.807) is 12.1 Å². The lowest BCUT2D eigenvalue weighted by Gasteiger charge is -2.22. The Morgan fingerprint density at radius 3 is 2.35 bits per heavy atom. The van der Waals surface area contributed by atoms with Gasteiger partial charge in [-0.1, -0.05) is 0 Å². The molecule has 0 atom stereocenters. The number of carbonyl (C=O) groups is 2. The molecule has 0 radical (unpaired) electrons. The van der Waals surface area contributed by atoms with E-state index < -0.39 is 18.6 Å². The third-order valence-electron chi connectivity index (χ3n) is 2.69. The summed E-state index contributed by atoms with van der Waals surface area (Å²) in [4.78, 5) is 25.7. The molecule has 0 aliphatic carbocycles. The van der Waals surface area contributed by atoms with Crippen LogP contribution in [0.15, 0.2) is 12.1 Å². The number of thiophene rings is 1. The third kappa shape index (κ3) is 5.32. The molecule has 0 aromatic carbocycles. The van der Waals surface area contributed by atoms with E-state index in [0.29, 0.717) is 9.78 Å². The van der Waals surface area contributed by atoms with Crippen LogP contribution >= 0.6 is 11.3 Å². The predicted molar refractivity (Wildman–Crippen MR) is 70.9 cm³/mol. The molecule has 1 amide bonds. The van der Waals surface area contributed by atoms with Crippen molar-refractivity contribution < 1.29 is 22.8 Å². The molecule has 0 spiro atoms. The maximum atomic E-state index is 12.3. The van der Waals surface area contributed by atoms with Gasteiger partial charge in [0.2, 0.25) is 5.91 Å². The first-order chi connectivity index (χ1) is 9.23. The van der Waals surface area contributed by atoms with E-state index >= 15 is 0 Å². The molecule has 3 nitrogen and oxygen atoms in total. The monoisotopic (exact) mass is 307 g/mol. The van der Waals surface area contributed by atoms with Crippen molar-refractivity contribution >= 4 is 23.0 Å². The molecule has 20 heavy (non-hydrogen) atoms. The zero-order chi connectivity index (χ0) is 15.3. The quantitative estimate of drug-likeness (QED) is 0.755. The van der Waals surface area contributed by atoms with E-state index in [2.05, 4.69) is 0 Å². The molecule has 0 bridgehead atoms. The highest BCUT2D eigenvalue weighted by molar-refractivity contribution is 7.14. The van der Waals surface area contributed by atoms with Crippen molar-refractivity contribution in [1.82, 2.24) is 4.90 Å². The second-order valence-electron chi connectivity index (χ2n) is 4.36. The summed E-state index contributed by atoms with van der Waals surface area (Å²) < 4.78 is 36.8. The van der Waals surface area contributed by atoms with Crippen LogP contribution < -0.4 is 0 Å². The summed E-state index contributed by atoms with van der Waals surface area (Å²) in [5, 5.41) is 0. The summed E-state index contributed by atoms with van der Waals surface area (Å²) in [6.07, 6.45) is -4.67. The molecule has 112 valence electrons. The number of ketones is 1. The molecular formula is C13H16F3NO2S. The van der Waals surface area contributed by atoms with Crippen LogP contribution in [0, 0.1) is 6.92 Å². The zero-order valence-corrected chi connectivity index (χ0v) is 12.1. The van der Waals surface area contributed by atoms with Gasteiger partial charge >= 0.3 is 6.18 Å². The Kier molecular flexibility index (Phi) is 5.74. The fourth-order valence-electron chi connectivity index (χ4n) is 1.68. The van der Waals surface area contributed by atoms with E-state index in [4.69, 9.17) is 0 Å². The second kappa shape index (κ2) is 6.88. The molecule has 0 N–H and O–H groups in total. The smallest absolute Gasteiger partial charge is 0.334 e. The number of nitrogens with zero attached hydrogens (tertiary/aromatic N) is 1. The van der Waals surface area contributed by atoms with Gasteiger partial charge in [0.25, 0.3) is 0 Å². The van der Waals surface area contributed by atoms with Crippen molar-refractivity contribution in [3.05, 3.63) is 21.9 Å². The van der Waals surface area contributed by atoms with Gasteiger partial charge in [-0.05, 0) is 26.0 Å². The fraction of sp³-hybridized carbons (Fsp3) is 0.538. The Hall–Kier alpha value is -1.37. The van der Waals surface area contributed by atoms with Crippen LogP contribution in [0.5, 0.6) is 0 Å². The van der Waals surface area contributed by atoms with Crippen molar-refractivity contribution in [2.24, 2.45) is 0 Å². The number of hydrogen-bond acceptors (Lipinski definition) is 3.